The fourth-order valence-corrected chi connectivity index (χ4v) is 3.10. The van der Waals surface area contributed by atoms with Crippen molar-refractivity contribution in [1.82, 2.24) is 5.32 Å². The summed E-state index contributed by atoms with van der Waals surface area (Å²) in [5.74, 6) is 0.535. The molecule has 2 unspecified atom stereocenters. The molecular weight excluding hydrogens is 306 g/mol. The van der Waals surface area contributed by atoms with E-state index in [0.717, 1.165) is 16.9 Å². The monoisotopic (exact) mass is 325 g/mol. The lowest BCUT2D eigenvalue weighted by molar-refractivity contribution is 0.0600. The Balaban J connectivity index is 1.95. The summed E-state index contributed by atoms with van der Waals surface area (Å²) in [6.45, 7) is 3.14. The number of carbonyl (C=O) groups is 1. The maximum Gasteiger partial charge on any atom is 0.337 e. The van der Waals surface area contributed by atoms with Crippen LogP contribution in [0.5, 0.6) is 0 Å². The second-order valence-electron chi connectivity index (χ2n) is 5.29. The summed E-state index contributed by atoms with van der Waals surface area (Å²) < 4.78 is 5.66. The van der Waals surface area contributed by atoms with E-state index >= 15 is 0 Å². The van der Waals surface area contributed by atoms with Crippen LogP contribution in [-0.2, 0) is 11.3 Å². The summed E-state index contributed by atoms with van der Waals surface area (Å²) in [6.07, 6.45) is 3.84. The fraction of sp³-hybridized carbons (Fsp3) is 0.533. The van der Waals surface area contributed by atoms with E-state index in [-0.39, 0.29) is 5.97 Å². The van der Waals surface area contributed by atoms with Gasteiger partial charge < -0.3 is 10.1 Å². The smallest absolute Gasteiger partial charge is 0.337 e. The van der Waals surface area contributed by atoms with Gasteiger partial charge in [-0.2, -0.15) is 0 Å². The molecule has 104 valence electrons. The van der Waals surface area contributed by atoms with Crippen LogP contribution in [0.3, 0.4) is 0 Å². The molecule has 1 aliphatic carbocycles. The largest absolute Gasteiger partial charge is 0.465 e. The Morgan fingerprint density at radius 2 is 2.26 bits per heavy atom. The third kappa shape index (κ3) is 3.80. The number of benzene rings is 1. The number of methoxy groups -OCH3 is 1. The Morgan fingerprint density at radius 1 is 1.47 bits per heavy atom. The third-order valence-corrected chi connectivity index (χ3v) is 4.49. The topological polar surface area (TPSA) is 38.3 Å². The number of ether oxygens (including phenoxy) is 1. The molecule has 1 N–H and O–H groups in total. The van der Waals surface area contributed by atoms with Gasteiger partial charge in [0.15, 0.2) is 0 Å². The predicted molar refractivity (Wildman–Crippen MR) is 79.1 cm³/mol. The zero-order chi connectivity index (χ0) is 13.8. The summed E-state index contributed by atoms with van der Waals surface area (Å²) in [5.41, 5.74) is 1.75. The first-order chi connectivity index (χ1) is 9.10. The van der Waals surface area contributed by atoms with E-state index in [2.05, 4.69) is 28.2 Å². The molecule has 0 radical (unpaired) electrons. The van der Waals surface area contributed by atoms with Crippen LogP contribution in [0.1, 0.15) is 42.1 Å². The average molecular weight is 326 g/mol. The zero-order valence-corrected chi connectivity index (χ0v) is 13.0. The highest BCUT2D eigenvalue weighted by molar-refractivity contribution is 9.10. The Hall–Kier alpha value is -0.870. The van der Waals surface area contributed by atoms with E-state index in [4.69, 9.17) is 4.74 Å². The quantitative estimate of drug-likeness (QED) is 0.861. The molecule has 1 aromatic carbocycles. The van der Waals surface area contributed by atoms with E-state index in [1.165, 1.54) is 31.9 Å². The van der Waals surface area contributed by atoms with Crippen LogP contribution in [0, 0.1) is 5.92 Å². The van der Waals surface area contributed by atoms with Gasteiger partial charge in [0.2, 0.25) is 0 Å². The van der Waals surface area contributed by atoms with Crippen molar-refractivity contribution in [2.75, 3.05) is 7.11 Å². The van der Waals surface area contributed by atoms with E-state index in [0.29, 0.717) is 11.6 Å². The highest BCUT2D eigenvalue weighted by Gasteiger charge is 2.20. The van der Waals surface area contributed by atoms with Crippen LogP contribution >= 0.6 is 15.9 Å². The van der Waals surface area contributed by atoms with Crippen LogP contribution < -0.4 is 5.32 Å². The first-order valence-electron chi connectivity index (χ1n) is 6.70. The second-order valence-corrected chi connectivity index (χ2v) is 6.15. The fourth-order valence-electron chi connectivity index (χ4n) is 2.58. The predicted octanol–water partition coefficient (Wildman–Crippen LogP) is 3.51. The number of hydrogen-bond donors (Lipinski definition) is 1. The Morgan fingerprint density at radius 3 is 2.84 bits per heavy atom. The van der Waals surface area contributed by atoms with Gasteiger partial charge in [-0.1, -0.05) is 28.9 Å². The summed E-state index contributed by atoms with van der Waals surface area (Å²) in [5, 5.41) is 3.59. The Labute approximate surface area is 122 Å². The van der Waals surface area contributed by atoms with Crippen molar-refractivity contribution < 1.29 is 9.53 Å². The van der Waals surface area contributed by atoms with Crippen molar-refractivity contribution in [3.63, 3.8) is 0 Å². The maximum absolute atomic E-state index is 11.4. The number of hydrogen-bond acceptors (Lipinski definition) is 3. The first-order valence-corrected chi connectivity index (χ1v) is 7.49. The molecule has 4 heteroatoms. The molecular formula is C15H20BrNO2. The SMILES string of the molecule is COC(=O)c1ccc(CNC2CCC(C)C2)c(Br)c1. The van der Waals surface area contributed by atoms with Gasteiger partial charge in [0.1, 0.15) is 0 Å². The minimum Gasteiger partial charge on any atom is -0.465 e. The highest BCUT2D eigenvalue weighted by Crippen LogP contribution is 2.25. The van der Waals surface area contributed by atoms with Crippen molar-refractivity contribution in [3.05, 3.63) is 33.8 Å². The highest BCUT2D eigenvalue weighted by atomic mass is 79.9. The molecule has 1 aliphatic rings. The summed E-state index contributed by atoms with van der Waals surface area (Å²) in [6, 6.07) is 6.23. The van der Waals surface area contributed by atoms with Crippen LogP contribution in [0.2, 0.25) is 0 Å². The minimum absolute atomic E-state index is 0.301. The molecule has 0 aromatic heterocycles. The maximum atomic E-state index is 11.4. The molecule has 1 aromatic rings. The van der Waals surface area contributed by atoms with Crippen LogP contribution in [0.4, 0.5) is 0 Å². The van der Waals surface area contributed by atoms with Gasteiger partial charge in [0, 0.05) is 17.1 Å². The lowest BCUT2D eigenvalue weighted by Crippen LogP contribution is -2.25. The van der Waals surface area contributed by atoms with Crippen LogP contribution in [-0.4, -0.2) is 19.1 Å². The van der Waals surface area contributed by atoms with Crippen LogP contribution in [0.25, 0.3) is 0 Å². The summed E-state index contributed by atoms with van der Waals surface area (Å²) in [4.78, 5) is 11.4. The molecule has 0 spiro atoms. The molecule has 0 heterocycles. The van der Waals surface area contributed by atoms with Gasteiger partial charge in [-0.05, 0) is 42.9 Å². The third-order valence-electron chi connectivity index (χ3n) is 3.75. The number of halogens is 1. The van der Waals surface area contributed by atoms with Crippen molar-refractivity contribution in [2.24, 2.45) is 5.92 Å². The molecule has 0 bridgehead atoms. The van der Waals surface area contributed by atoms with E-state index in [1.54, 1.807) is 0 Å². The zero-order valence-electron chi connectivity index (χ0n) is 11.4. The van der Waals surface area contributed by atoms with Gasteiger partial charge in [-0.25, -0.2) is 4.79 Å². The van der Waals surface area contributed by atoms with Crippen molar-refractivity contribution in [1.29, 1.82) is 0 Å². The molecule has 2 rings (SSSR count). The van der Waals surface area contributed by atoms with Gasteiger partial charge in [0.25, 0.3) is 0 Å². The number of esters is 1. The van der Waals surface area contributed by atoms with Crippen molar-refractivity contribution in [2.45, 2.75) is 38.8 Å². The standard InChI is InChI=1S/C15H20BrNO2/c1-10-3-6-13(7-10)17-9-12-5-4-11(8-14(12)16)15(18)19-2/h4-5,8,10,13,17H,3,6-7,9H2,1-2H3. The number of rotatable bonds is 4. The minimum atomic E-state index is -0.301. The summed E-state index contributed by atoms with van der Waals surface area (Å²) >= 11 is 3.52. The van der Waals surface area contributed by atoms with Gasteiger partial charge in [-0.15, -0.1) is 0 Å². The van der Waals surface area contributed by atoms with Gasteiger partial charge in [-0.3, -0.25) is 0 Å². The molecule has 2 atom stereocenters. The van der Waals surface area contributed by atoms with Crippen molar-refractivity contribution in [3.8, 4) is 0 Å². The van der Waals surface area contributed by atoms with Crippen molar-refractivity contribution >= 4 is 21.9 Å². The van der Waals surface area contributed by atoms with Gasteiger partial charge >= 0.3 is 5.97 Å². The van der Waals surface area contributed by atoms with Crippen LogP contribution in [0.15, 0.2) is 22.7 Å². The molecule has 3 nitrogen and oxygen atoms in total. The number of carbonyl (C=O) groups excluding carboxylic acids is 1. The van der Waals surface area contributed by atoms with E-state index in [1.807, 2.05) is 18.2 Å². The van der Waals surface area contributed by atoms with Gasteiger partial charge in [0.05, 0.1) is 12.7 Å². The first kappa shape index (κ1) is 14.5. The molecule has 0 amide bonds. The lowest BCUT2D eigenvalue weighted by atomic mass is 10.1. The molecule has 0 aliphatic heterocycles. The molecule has 1 fully saturated rings. The average Bonchev–Trinajstić information content (AvgIpc) is 2.82. The second kappa shape index (κ2) is 6.53. The van der Waals surface area contributed by atoms with E-state index < -0.39 is 0 Å². The van der Waals surface area contributed by atoms with E-state index in [9.17, 15) is 4.79 Å². The Kier molecular flexibility index (Phi) is 4.99. The number of nitrogens with one attached hydrogen (secondary N) is 1. The summed E-state index contributed by atoms with van der Waals surface area (Å²) in [7, 11) is 1.40. The lowest BCUT2D eigenvalue weighted by Gasteiger charge is -2.13. The molecule has 0 saturated heterocycles. The normalized spacial score (nSPS) is 22.5. The molecule has 19 heavy (non-hydrogen) atoms. The Bertz CT molecular complexity index is 461. The molecule has 1 saturated carbocycles.